The standard InChI is InChI=1S/C11H21NO2/c1-11(8-12,7-10(13)14)6-9-4-2-3-5-9/h9H,2-8,12H2,1H3,(H,13,14). The molecule has 0 aliphatic heterocycles. The Morgan fingerprint density at radius 3 is 2.50 bits per heavy atom. The Morgan fingerprint density at radius 1 is 1.50 bits per heavy atom. The maximum Gasteiger partial charge on any atom is 0.303 e. The van der Waals surface area contributed by atoms with Crippen molar-refractivity contribution in [2.75, 3.05) is 6.54 Å². The molecule has 1 aliphatic rings. The second-order valence-corrected chi connectivity index (χ2v) is 4.94. The lowest BCUT2D eigenvalue weighted by molar-refractivity contribution is -0.139. The van der Waals surface area contributed by atoms with Crippen molar-refractivity contribution in [2.24, 2.45) is 17.1 Å². The van der Waals surface area contributed by atoms with Crippen LogP contribution in [0, 0.1) is 11.3 Å². The summed E-state index contributed by atoms with van der Waals surface area (Å²) in [5.41, 5.74) is 5.48. The predicted octanol–water partition coefficient (Wildman–Crippen LogP) is 2.01. The van der Waals surface area contributed by atoms with Gasteiger partial charge in [0.15, 0.2) is 0 Å². The molecule has 0 aromatic rings. The van der Waals surface area contributed by atoms with Crippen molar-refractivity contribution in [3.8, 4) is 0 Å². The fourth-order valence-electron chi connectivity index (χ4n) is 2.50. The van der Waals surface area contributed by atoms with Crippen LogP contribution in [0.15, 0.2) is 0 Å². The molecule has 1 atom stereocenters. The molecule has 1 fully saturated rings. The summed E-state index contributed by atoms with van der Waals surface area (Å²) in [5, 5.41) is 8.80. The number of nitrogens with two attached hydrogens (primary N) is 1. The molecule has 0 radical (unpaired) electrons. The average Bonchev–Trinajstić information content (AvgIpc) is 2.55. The van der Waals surface area contributed by atoms with Gasteiger partial charge in [0, 0.05) is 0 Å². The molecule has 82 valence electrons. The second kappa shape index (κ2) is 4.78. The highest BCUT2D eigenvalue weighted by atomic mass is 16.4. The molecule has 1 rings (SSSR count). The number of hydrogen-bond acceptors (Lipinski definition) is 2. The minimum Gasteiger partial charge on any atom is -0.481 e. The van der Waals surface area contributed by atoms with Crippen LogP contribution in [0.5, 0.6) is 0 Å². The molecule has 3 heteroatoms. The summed E-state index contributed by atoms with van der Waals surface area (Å²) >= 11 is 0. The summed E-state index contributed by atoms with van der Waals surface area (Å²) < 4.78 is 0. The van der Waals surface area contributed by atoms with Crippen molar-refractivity contribution >= 4 is 5.97 Å². The monoisotopic (exact) mass is 199 g/mol. The van der Waals surface area contributed by atoms with E-state index in [9.17, 15) is 4.79 Å². The maximum atomic E-state index is 10.7. The zero-order valence-corrected chi connectivity index (χ0v) is 8.96. The molecule has 1 unspecified atom stereocenters. The van der Waals surface area contributed by atoms with Crippen molar-refractivity contribution in [3.05, 3.63) is 0 Å². The molecule has 3 nitrogen and oxygen atoms in total. The molecule has 0 heterocycles. The quantitative estimate of drug-likeness (QED) is 0.712. The number of carboxylic acid groups (broad SMARTS) is 1. The first-order valence-electron chi connectivity index (χ1n) is 5.47. The minimum atomic E-state index is -0.726. The van der Waals surface area contributed by atoms with Gasteiger partial charge in [-0.05, 0) is 24.3 Å². The second-order valence-electron chi connectivity index (χ2n) is 4.94. The lowest BCUT2D eigenvalue weighted by Crippen LogP contribution is -2.31. The summed E-state index contributed by atoms with van der Waals surface area (Å²) in [6.45, 7) is 2.48. The van der Waals surface area contributed by atoms with E-state index < -0.39 is 5.97 Å². The van der Waals surface area contributed by atoms with Gasteiger partial charge in [-0.15, -0.1) is 0 Å². The molecule has 0 bridgehead atoms. The molecule has 0 amide bonds. The van der Waals surface area contributed by atoms with Crippen LogP contribution < -0.4 is 5.73 Å². The van der Waals surface area contributed by atoms with Crippen molar-refractivity contribution in [1.82, 2.24) is 0 Å². The highest BCUT2D eigenvalue weighted by molar-refractivity contribution is 5.67. The van der Waals surface area contributed by atoms with Crippen LogP contribution in [-0.2, 0) is 4.79 Å². The number of carboxylic acids is 1. The van der Waals surface area contributed by atoms with Crippen molar-refractivity contribution in [1.29, 1.82) is 0 Å². The lowest BCUT2D eigenvalue weighted by atomic mass is 9.78. The van der Waals surface area contributed by atoms with E-state index in [0.717, 1.165) is 6.42 Å². The van der Waals surface area contributed by atoms with Crippen molar-refractivity contribution in [2.45, 2.75) is 45.4 Å². The molecule has 1 aliphatic carbocycles. The van der Waals surface area contributed by atoms with Crippen LogP contribution in [0.3, 0.4) is 0 Å². The molecule has 0 saturated heterocycles. The van der Waals surface area contributed by atoms with Crippen LogP contribution in [0.2, 0.25) is 0 Å². The van der Waals surface area contributed by atoms with E-state index >= 15 is 0 Å². The van der Waals surface area contributed by atoms with Gasteiger partial charge in [-0.2, -0.15) is 0 Å². The topological polar surface area (TPSA) is 63.3 Å². The molecule has 0 aromatic carbocycles. The Hall–Kier alpha value is -0.570. The van der Waals surface area contributed by atoms with E-state index in [1.54, 1.807) is 0 Å². The molecule has 14 heavy (non-hydrogen) atoms. The average molecular weight is 199 g/mol. The van der Waals surface area contributed by atoms with Gasteiger partial charge in [0.1, 0.15) is 0 Å². The van der Waals surface area contributed by atoms with Gasteiger partial charge in [0.25, 0.3) is 0 Å². The first-order chi connectivity index (χ1) is 6.56. The van der Waals surface area contributed by atoms with Crippen molar-refractivity contribution in [3.63, 3.8) is 0 Å². The smallest absolute Gasteiger partial charge is 0.303 e. The first kappa shape index (κ1) is 11.5. The third-order valence-electron chi connectivity index (χ3n) is 3.33. The Morgan fingerprint density at radius 2 is 2.07 bits per heavy atom. The molecular formula is C11H21NO2. The van der Waals surface area contributed by atoms with Gasteiger partial charge in [0.2, 0.25) is 0 Å². The Bertz CT molecular complexity index is 199. The number of carbonyl (C=O) groups is 1. The SMILES string of the molecule is CC(CN)(CC(=O)O)CC1CCCC1. The van der Waals surface area contributed by atoms with Crippen molar-refractivity contribution < 1.29 is 9.90 Å². The molecule has 0 aromatic heterocycles. The summed E-state index contributed by atoms with van der Waals surface area (Å²) in [6, 6.07) is 0. The molecular weight excluding hydrogens is 178 g/mol. The van der Waals surface area contributed by atoms with Gasteiger partial charge >= 0.3 is 5.97 Å². The lowest BCUT2D eigenvalue weighted by Gasteiger charge is -2.29. The third-order valence-corrected chi connectivity index (χ3v) is 3.33. The van der Waals surface area contributed by atoms with Crippen LogP contribution in [-0.4, -0.2) is 17.6 Å². The minimum absolute atomic E-state index is 0.194. The van der Waals surface area contributed by atoms with Gasteiger partial charge in [-0.25, -0.2) is 0 Å². The molecule has 0 spiro atoms. The predicted molar refractivity (Wildman–Crippen MR) is 56.0 cm³/mol. The summed E-state index contributed by atoms with van der Waals surface area (Å²) in [5.74, 6) is -0.0150. The Kier molecular flexibility index (Phi) is 3.93. The fraction of sp³-hybridized carbons (Fsp3) is 0.909. The summed E-state index contributed by atoms with van der Waals surface area (Å²) in [4.78, 5) is 10.7. The number of hydrogen-bond donors (Lipinski definition) is 2. The zero-order chi connectivity index (χ0) is 10.6. The molecule has 3 N–H and O–H groups in total. The van der Waals surface area contributed by atoms with E-state index in [1.165, 1.54) is 25.7 Å². The number of aliphatic carboxylic acids is 1. The van der Waals surface area contributed by atoms with E-state index in [0.29, 0.717) is 12.5 Å². The Balaban J connectivity index is 2.46. The highest BCUT2D eigenvalue weighted by Gasteiger charge is 2.30. The van der Waals surface area contributed by atoms with Crippen LogP contribution in [0.1, 0.15) is 45.4 Å². The Labute approximate surface area is 85.7 Å². The zero-order valence-electron chi connectivity index (χ0n) is 8.96. The summed E-state index contributed by atoms with van der Waals surface area (Å²) in [7, 11) is 0. The summed E-state index contributed by atoms with van der Waals surface area (Å²) in [6.07, 6.45) is 6.32. The van der Waals surface area contributed by atoms with Gasteiger partial charge in [0.05, 0.1) is 6.42 Å². The normalized spacial score (nSPS) is 22.1. The van der Waals surface area contributed by atoms with E-state index in [-0.39, 0.29) is 11.8 Å². The fourth-order valence-corrected chi connectivity index (χ4v) is 2.50. The number of rotatable bonds is 5. The van der Waals surface area contributed by atoms with Crippen LogP contribution in [0.25, 0.3) is 0 Å². The highest BCUT2D eigenvalue weighted by Crippen LogP contribution is 2.37. The van der Waals surface area contributed by atoms with E-state index in [4.69, 9.17) is 10.8 Å². The van der Waals surface area contributed by atoms with Crippen LogP contribution in [0.4, 0.5) is 0 Å². The maximum absolute atomic E-state index is 10.7. The van der Waals surface area contributed by atoms with Crippen LogP contribution >= 0.6 is 0 Å². The van der Waals surface area contributed by atoms with Gasteiger partial charge in [-0.1, -0.05) is 32.6 Å². The largest absolute Gasteiger partial charge is 0.481 e. The van der Waals surface area contributed by atoms with E-state index in [2.05, 4.69) is 0 Å². The van der Waals surface area contributed by atoms with E-state index in [1.807, 2.05) is 6.92 Å². The first-order valence-corrected chi connectivity index (χ1v) is 5.47. The molecule has 1 saturated carbocycles. The van der Waals surface area contributed by atoms with Gasteiger partial charge in [-0.3, -0.25) is 4.79 Å². The van der Waals surface area contributed by atoms with Gasteiger partial charge < -0.3 is 10.8 Å². The third kappa shape index (κ3) is 3.29.